The molecular formula is C30H35Cl2N3O4S. The summed E-state index contributed by atoms with van der Waals surface area (Å²) in [6.45, 7) is 5.70. The van der Waals surface area contributed by atoms with Gasteiger partial charge in [0.15, 0.2) is 0 Å². The highest BCUT2D eigenvalue weighted by Gasteiger charge is 2.33. The smallest absolute Gasteiger partial charge is 0.264 e. The van der Waals surface area contributed by atoms with Crippen molar-refractivity contribution >= 4 is 50.7 Å². The first-order chi connectivity index (χ1) is 19.1. The van der Waals surface area contributed by atoms with Crippen LogP contribution in [0.5, 0.6) is 0 Å². The minimum Gasteiger partial charge on any atom is -0.354 e. The van der Waals surface area contributed by atoms with E-state index < -0.39 is 28.5 Å². The fraction of sp³-hybridized carbons (Fsp3) is 0.333. The summed E-state index contributed by atoms with van der Waals surface area (Å²) < 4.78 is 28.8. The number of nitrogens with one attached hydrogen (secondary N) is 1. The van der Waals surface area contributed by atoms with E-state index in [1.165, 1.54) is 17.0 Å². The van der Waals surface area contributed by atoms with Gasteiger partial charge >= 0.3 is 0 Å². The summed E-state index contributed by atoms with van der Waals surface area (Å²) >= 11 is 12.5. The van der Waals surface area contributed by atoms with Crippen molar-refractivity contribution < 1.29 is 18.0 Å². The maximum atomic E-state index is 14.0. The predicted molar refractivity (Wildman–Crippen MR) is 161 cm³/mol. The first-order valence-corrected chi connectivity index (χ1v) is 15.4. The molecule has 2 amide bonds. The predicted octanol–water partition coefficient (Wildman–Crippen LogP) is 6.22. The van der Waals surface area contributed by atoms with Crippen molar-refractivity contribution in [1.29, 1.82) is 0 Å². The van der Waals surface area contributed by atoms with Gasteiger partial charge in [-0.05, 0) is 67.8 Å². The lowest BCUT2D eigenvalue weighted by Crippen LogP contribution is -2.52. The molecule has 0 saturated carbocycles. The number of amides is 2. The first kappa shape index (κ1) is 31.5. The number of carbonyl (C=O) groups is 2. The highest BCUT2D eigenvalue weighted by molar-refractivity contribution is 7.92. The zero-order valence-electron chi connectivity index (χ0n) is 22.9. The number of hydrogen-bond donors (Lipinski definition) is 1. The quantitative estimate of drug-likeness (QED) is 0.235. The standard InChI is InChI=1S/C30H35Cl2N3O4S/c1-4-6-19-33-30(37)28(5-2)34(20-23-9-7-8-10-27(23)32)29(36)21-35(25-15-13-24(31)14-16-25)40(38,39)26-17-11-22(3)12-18-26/h7-18,28H,4-6,19-21H2,1-3H3,(H,33,37)/t28-/m0/s1. The normalized spacial score (nSPS) is 12.0. The molecule has 3 aromatic rings. The SMILES string of the molecule is CCCCNC(=O)[C@H](CC)N(Cc1ccccc1Cl)C(=O)CN(c1ccc(Cl)cc1)S(=O)(=O)c1ccc(C)cc1. The van der Waals surface area contributed by atoms with E-state index in [1.54, 1.807) is 60.7 Å². The summed E-state index contributed by atoms with van der Waals surface area (Å²) in [5, 5.41) is 3.79. The topological polar surface area (TPSA) is 86.8 Å². The van der Waals surface area contributed by atoms with Gasteiger partial charge < -0.3 is 10.2 Å². The van der Waals surface area contributed by atoms with Gasteiger partial charge in [0.1, 0.15) is 12.6 Å². The number of sulfonamides is 1. The first-order valence-electron chi connectivity index (χ1n) is 13.2. The molecule has 0 heterocycles. The fourth-order valence-electron chi connectivity index (χ4n) is 4.21. The minimum absolute atomic E-state index is 0.0389. The second-order valence-corrected chi connectivity index (χ2v) is 12.2. The molecule has 0 aromatic heterocycles. The summed E-state index contributed by atoms with van der Waals surface area (Å²) in [7, 11) is -4.15. The highest BCUT2D eigenvalue weighted by atomic mass is 35.5. The monoisotopic (exact) mass is 603 g/mol. The fourth-order valence-corrected chi connectivity index (χ4v) is 5.95. The zero-order valence-corrected chi connectivity index (χ0v) is 25.3. The Labute approximate surface area is 247 Å². The van der Waals surface area contributed by atoms with E-state index in [9.17, 15) is 18.0 Å². The van der Waals surface area contributed by atoms with E-state index in [-0.39, 0.29) is 23.0 Å². The number of anilines is 1. The molecule has 0 radical (unpaired) electrons. The number of hydrogen-bond acceptors (Lipinski definition) is 4. The van der Waals surface area contributed by atoms with Crippen LogP contribution in [0, 0.1) is 6.92 Å². The molecule has 3 rings (SSSR count). The molecule has 214 valence electrons. The van der Waals surface area contributed by atoms with E-state index in [0.717, 1.165) is 22.7 Å². The third-order valence-corrected chi connectivity index (χ3v) is 8.93. The summed E-state index contributed by atoms with van der Waals surface area (Å²) in [6, 6.07) is 18.9. The maximum absolute atomic E-state index is 14.0. The van der Waals surface area contributed by atoms with Crippen molar-refractivity contribution in [2.75, 3.05) is 17.4 Å². The van der Waals surface area contributed by atoms with E-state index in [0.29, 0.717) is 28.6 Å². The van der Waals surface area contributed by atoms with Gasteiger partial charge in [0.25, 0.3) is 10.0 Å². The molecule has 3 aromatic carbocycles. The Bertz CT molecular complexity index is 1400. The van der Waals surface area contributed by atoms with Gasteiger partial charge in [-0.3, -0.25) is 13.9 Å². The zero-order chi connectivity index (χ0) is 29.3. The Morgan fingerprint density at radius 2 is 1.57 bits per heavy atom. The number of carbonyl (C=O) groups excluding carboxylic acids is 2. The molecule has 0 aliphatic rings. The molecule has 7 nitrogen and oxygen atoms in total. The summed E-state index contributed by atoms with van der Waals surface area (Å²) in [5.74, 6) is -0.834. The van der Waals surface area contributed by atoms with Crippen molar-refractivity contribution in [3.05, 3.63) is 94.0 Å². The summed E-state index contributed by atoms with van der Waals surface area (Å²) in [6.07, 6.45) is 2.05. The summed E-state index contributed by atoms with van der Waals surface area (Å²) in [5.41, 5.74) is 1.83. The van der Waals surface area contributed by atoms with Gasteiger partial charge in [-0.1, -0.05) is 79.4 Å². The van der Waals surface area contributed by atoms with Crippen LogP contribution in [0.15, 0.2) is 77.7 Å². The third kappa shape index (κ3) is 7.99. The molecule has 0 fully saturated rings. The summed E-state index contributed by atoms with van der Waals surface area (Å²) in [4.78, 5) is 28.7. The number of nitrogens with zero attached hydrogens (tertiary/aromatic N) is 2. The number of aryl methyl sites for hydroxylation is 1. The average Bonchev–Trinajstić information content (AvgIpc) is 2.93. The molecule has 1 atom stereocenters. The molecule has 0 saturated heterocycles. The molecule has 1 N–H and O–H groups in total. The van der Waals surface area contributed by atoms with Crippen LogP contribution in [0.25, 0.3) is 0 Å². The van der Waals surface area contributed by atoms with Crippen molar-refractivity contribution in [3.63, 3.8) is 0 Å². The molecule has 10 heteroatoms. The van der Waals surface area contributed by atoms with Gasteiger partial charge in [-0.25, -0.2) is 8.42 Å². The lowest BCUT2D eigenvalue weighted by atomic mass is 10.1. The number of halogens is 2. The number of unbranched alkanes of at least 4 members (excludes halogenated alkanes) is 1. The molecule has 40 heavy (non-hydrogen) atoms. The van der Waals surface area contributed by atoms with Crippen LogP contribution < -0.4 is 9.62 Å². The van der Waals surface area contributed by atoms with Gasteiger partial charge in [0.05, 0.1) is 10.6 Å². The Morgan fingerprint density at radius 3 is 2.17 bits per heavy atom. The van der Waals surface area contributed by atoms with Crippen LogP contribution in [0.4, 0.5) is 5.69 Å². The molecule has 0 aliphatic carbocycles. The second-order valence-electron chi connectivity index (χ2n) is 9.48. The molecule has 0 spiro atoms. The molecular weight excluding hydrogens is 569 g/mol. The lowest BCUT2D eigenvalue weighted by molar-refractivity contribution is -0.140. The van der Waals surface area contributed by atoms with Crippen molar-refractivity contribution in [1.82, 2.24) is 10.2 Å². The Morgan fingerprint density at radius 1 is 0.925 bits per heavy atom. The Hall–Kier alpha value is -3.07. The minimum atomic E-state index is -4.15. The molecule has 0 aliphatic heterocycles. The second kappa shape index (κ2) is 14.5. The van der Waals surface area contributed by atoms with Crippen LogP contribution in [-0.2, 0) is 26.2 Å². The van der Waals surface area contributed by atoms with Crippen LogP contribution >= 0.6 is 23.2 Å². The van der Waals surface area contributed by atoms with Crippen LogP contribution in [0.3, 0.4) is 0 Å². The number of rotatable bonds is 13. The highest BCUT2D eigenvalue weighted by Crippen LogP contribution is 2.27. The van der Waals surface area contributed by atoms with Crippen molar-refractivity contribution in [2.24, 2.45) is 0 Å². The van der Waals surface area contributed by atoms with E-state index in [2.05, 4.69) is 5.32 Å². The Kier molecular flexibility index (Phi) is 11.4. The van der Waals surface area contributed by atoms with Crippen molar-refractivity contribution in [2.45, 2.75) is 57.5 Å². The van der Waals surface area contributed by atoms with Crippen molar-refractivity contribution in [3.8, 4) is 0 Å². The largest absolute Gasteiger partial charge is 0.354 e. The number of benzene rings is 3. The van der Waals surface area contributed by atoms with Crippen LogP contribution in [-0.4, -0.2) is 44.3 Å². The van der Waals surface area contributed by atoms with E-state index in [1.807, 2.05) is 20.8 Å². The Balaban J connectivity index is 2.04. The van der Waals surface area contributed by atoms with Gasteiger partial charge in [-0.2, -0.15) is 0 Å². The van der Waals surface area contributed by atoms with Gasteiger partial charge in [-0.15, -0.1) is 0 Å². The lowest BCUT2D eigenvalue weighted by Gasteiger charge is -2.33. The van der Waals surface area contributed by atoms with Gasteiger partial charge in [0, 0.05) is 23.1 Å². The molecule has 0 unspecified atom stereocenters. The third-order valence-electron chi connectivity index (χ3n) is 6.52. The van der Waals surface area contributed by atoms with E-state index in [4.69, 9.17) is 23.2 Å². The van der Waals surface area contributed by atoms with Gasteiger partial charge in [0.2, 0.25) is 11.8 Å². The maximum Gasteiger partial charge on any atom is 0.264 e. The average molecular weight is 605 g/mol. The molecule has 0 bridgehead atoms. The van der Waals surface area contributed by atoms with Crippen LogP contribution in [0.1, 0.15) is 44.2 Å². The van der Waals surface area contributed by atoms with Crippen LogP contribution in [0.2, 0.25) is 10.0 Å². The van der Waals surface area contributed by atoms with E-state index >= 15 is 0 Å².